The van der Waals surface area contributed by atoms with Gasteiger partial charge in [0, 0.05) is 15.2 Å². The molecule has 2 aromatic rings. The molecule has 0 unspecified atom stereocenters. The van der Waals surface area contributed by atoms with Gasteiger partial charge in [0.15, 0.2) is 0 Å². The number of carboxylic acid groups (broad SMARTS) is 1. The van der Waals surface area contributed by atoms with E-state index in [0.29, 0.717) is 4.90 Å². The van der Waals surface area contributed by atoms with Gasteiger partial charge in [-0.25, -0.2) is 4.79 Å². The summed E-state index contributed by atoms with van der Waals surface area (Å²) in [6.07, 6.45) is -4.42. The highest BCUT2D eigenvalue weighted by Crippen LogP contribution is 2.40. The lowest BCUT2D eigenvalue weighted by Crippen LogP contribution is -2.06. The molecule has 0 bridgehead atoms. The van der Waals surface area contributed by atoms with Crippen LogP contribution in [0.1, 0.15) is 15.2 Å². The van der Waals surface area contributed by atoms with Crippen LogP contribution in [-0.2, 0) is 6.18 Å². The third-order valence-corrected chi connectivity index (χ3v) is 4.32. The number of carboxylic acids is 1. The van der Waals surface area contributed by atoms with Gasteiger partial charge in [-0.3, -0.25) is 0 Å². The number of rotatable bonds is 3. The fourth-order valence-electron chi connectivity index (χ4n) is 1.40. The van der Waals surface area contributed by atoms with Crippen molar-refractivity contribution in [3.8, 4) is 0 Å². The Morgan fingerprint density at radius 2 is 1.95 bits per heavy atom. The molecule has 0 aliphatic heterocycles. The van der Waals surface area contributed by atoms with Crippen LogP contribution < -0.4 is 0 Å². The summed E-state index contributed by atoms with van der Waals surface area (Å²) in [5.74, 6) is -1.08. The number of aromatic carboxylic acids is 1. The summed E-state index contributed by atoms with van der Waals surface area (Å²) in [6.45, 7) is 0. The molecule has 2 rings (SSSR count). The first-order valence-electron chi connectivity index (χ1n) is 5.04. The summed E-state index contributed by atoms with van der Waals surface area (Å²) in [5, 5.41) is 10.3. The van der Waals surface area contributed by atoms with Crippen molar-refractivity contribution < 1.29 is 23.1 Å². The van der Waals surface area contributed by atoms with Gasteiger partial charge in [0.1, 0.15) is 4.88 Å². The Kier molecular flexibility index (Phi) is 3.86. The lowest BCUT2D eigenvalue weighted by Gasteiger charge is -2.11. The number of hydrogen-bond acceptors (Lipinski definition) is 3. The lowest BCUT2D eigenvalue weighted by atomic mass is 10.2. The van der Waals surface area contributed by atoms with E-state index < -0.39 is 17.7 Å². The normalized spacial score (nSPS) is 11.5. The summed E-state index contributed by atoms with van der Waals surface area (Å²) in [6, 6.07) is 6.58. The highest BCUT2D eigenvalue weighted by Gasteiger charge is 2.33. The van der Waals surface area contributed by atoms with Gasteiger partial charge in [0.05, 0.1) is 5.56 Å². The van der Waals surface area contributed by atoms with Crippen LogP contribution >= 0.6 is 23.1 Å². The van der Waals surface area contributed by atoms with Crippen LogP contribution in [0.3, 0.4) is 0 Å². The Balaban J connectivity index is 2.30. The predicted octanol–water partition coefficient (Wildman–Crippen LogP) is 4.62. The van der Waals surface area contributed by atoms with Crippen molar-refractivity contribution in [3.63, 3.8) is 0 Å². The molecular formula is C12H7F3O2S2. The molecule has 0 aliphatic rings. The Bertz CT molecular complexity index is 605. The van der Waals surface area contributed by atoms with Crippen molar-refractivity contribution >= 4 is 29.1 Å². The maximum atomic E-state index is 12.8. The van der Waals surface area contributed by atoms with E-state index in [0.717, 1.165) is 29.2 Å². The van der Waals surface area contributed by atoms with Gasteiger partial charge in [-0.15, -0.1) is 11.3 Å². The molecule has 0 radical (unpaired) electrons. The van der Waals surface area contributed by atoms with E-state index in [4.69, 9.17) is 5.11 Å². The molecule has 0 aliphatic carbocycles. The van der Waals surface area contributed by atoms with Crippen LogP contribution in [0.4, 0.5) is 13.2 Å². The van der Waals surface area contributed by atoms with Gasteiger partial charge in [-0.05, 0) is 18.2 Å². The van der Waals surface area contributed by atoms with E-state index >= 15 is 0 Å². The zero-order valence-electron chi connectivity index (χ0n) is 9.27. The molecular weight excluding hydrogens is 297 g/mol. The zero-order chi connectivity index (χ0) is 14.0. The van der Waals surface area contributed by atoms with Crippen LogP contribution in [0, 0.1) is 0 Å². The number of alkyl halides is 3. The Labute approximate surface area is 114 Å². The first-order valence-corrected chi connectivity index (χ1v) is 6.73. The molecule has 1 aromatic heterocycles. The van der Waals surface area contributed by atoms with E-state index in [2.05, 4.69) is 0 Å². The van der Waals surface area contributed by atoms with E-state index in [1.165, 1.54) is 29.6 Å². The van der Waals surface area contributed by atoms with E-state index in [9.17, 15) is 18.0 Å². The number of carbonyl (C=O) groups is 1. The summed E-state index contributed by atoms with van der Waals surface area (Å²) < 4.78 is 38.3. The van der Waals surface area contributed by atoms with Crippen molar-refractivity contribution in [1.29, 1.82) is 0 Å². The van der Waals surface area contributed by atoms with Gasteiger partial charge in [-0.1, -0.05) is 23.9 Å². The van der Waals surface area contributed by atoms with Crippen molar-refractivity contribution in [2.45, 2.75) is 16.0 Å². The predicted molar refractivity (Wildman–Crippen MR) is 66.8 cm³/mol. The monoisotopic (exact) mass is 304 g/mol. The van der Waals surface area contributed by atoms with Gasteiger partial charge in [-0.2, -0.15) is 13.2 Å². The van der Waals surface area contributed by atoms with Crippen LogP contribution in [0.25, 0.3) is 0 Å². The van der Waals surface area contributed by atoms with E-state index in [-0.39, 0.29) is 9.77 Å². The van der Waals surface area contributed by atoms with Crippen molar-refractivity contribution in [2.24, 2.45) is 0 Å². The Hall–Kier alpha value is -1.47. The Morgan fingerprint density at radius 3 is 2.53 bits per heavy atom. The minimum absolute atomic E-state index is 0.0599. The lowest BCUT2D eigenvalue weighted by molar-refractivity contribution is -0.139. The molecule has 2 nitrogen and oxygen atoms in total. The molecule has 7 heteroatoms. The molecule has 1 heterocycles. The first kappa shape index (κ1) is 14.0. The third kappa shape index (κ3) is 3.30. The van der Waals surface area contributed by atoms with Crippen molar-refractivity contribution in [2.75, 3.05) is 0 Å². The fourth-order valence-corrected chi connectivity index (χ4v) is 3.29. The Morgan fingerprint density at radius 1 is 1.26 bits per heavy atom. The number of hydrogen-bond donors (Lipinski definition) is 1. The second-order valence-electron chi connectivity index (χ2n) is 3.55. The second kappa shape index (κ2) is 5.26. The maximum Gasteiger partial charge on any atom is 0.417 e. The number of halogens is 3. The van der Waals surface area contributed by atoms with Gasteiger partial charge in [0.2, 0.25) is 0 Å². The van der Waals surface area contributed by atoms with Gasteiger partial charge < -0.3 is 5.11 Å². The zero-order valence-corrected chi connectivity index (χ0v) is 10.9. The summed E-state index contributed by atoms with van der Waals surface area (Å²) in [5.41, 5.74) is -0.719. The summed E-state index contributed by atoms with van der Waals surface area (Å²) in [7, 11) is 0. The molecule has 19 heavy (non-hydrogen) atoms. The molecule has 1 aromatic carbocycles. The average molecular weight is 304 g/mol. The second-order valence-corrected chi connectivity index (χ2v) is 5.57. The average Bonchev–Trinajstić information content (AvgIpc) is 2.77. The molecule has 0 fully saturated rings. The highest BCUT2D eigenvalue weighted by molar-refractivity contribution is 7.99. The smallest absolute Gasteiger partial charge is 0.417 e. The molecule has 0 amide bonds. The molecule has 0 saturated carbocycles. The molecule has 0 atom stereocenters. The maximum absolute atomic E-state index is 12.8. The molecule has 100 valence electrons. The third-order valence-electron chi connectivity index (χ3n) is 2.21. The molecule has 0 spiro atoms. The van der Waals surface area contributed by atoms with E-state index in [1.54, 1.807) is 0 Å². The molecule has 1 N–H and O–H groups in total. The first-order chi connectivity index (χ1) is 8.88. The van der Waals surface area contributed by atoms with Crippen LogP contribution in [0.5, 0.6) is 0 Å². The van der Waals surface area contributed by atoms with Crippen LogP contribution in [-0.4, -0.2) is 11.1 Å². The number of thiophene rings is 1. The quantitative estimate of drug-likeness (QED) is 0.899. The fraction of sp³-hybridized carbons (Fsp3) is 0.0833. The molecule has 0 saturated heterocycles. The van der Waals surface area contributed by atoms with Crippen LogP contribution in [0.2, 0.25) is 0 Å². The number of benzene rings is 1. The van der Waals surface area contributed by atoms with Crippen molar-refractivity contribution in [1.82, 2.24) is 0 Å². The minimum Gasteiger partial charge on any atom is -0.477 e. The van der Waals surface area contributed by atoms with Crippen LogP contribution in [0.15, 0.2) is 45.5 Å². The van der Waals surface area contributed by atoms with Gasteiger partial charge >= 0.3 is 12.1 Å². The SMILES string of the molecule is O=C(O)c1cc(Sc2ccccc2C(F)(F)F)cs1. The van der Waals surface area contributed by atoms with Gasteiger partial charge in [0.25, 0.3) is 0 Å². The topological polar surface area (TPSA) is 37.3 Å². The largest absolute Gasteiger partial charge is 0.477 e. The minimum atomic E-state index is -4.42. The standard InChI is InChI=1S/C12H7F3O2S2/c13-12(14,15)8-3-1-2-4-9(8)19-7-5-10(11(16)17)18-6-7/h1-6H,(H,16,17). The van der Waals surface area contributed by atoms with Crippen molar-refractivity contribution in [3.05, 3.63) is 46.2 Å². The highest BCUT2D eigenvalue weighted by atomic mass is 32.2. The summed E-state index contributed by atoms with van der Waals surface area (Å²) >= 11 is 1.90. The summed E-state index contributed by atoms with van der Waals surface area (Å²) in [4.78, 5) is 11.4. The van der Waals surface area contributed by atoms with E-state index in [1.807, 2.05) is 0 Å².